The van der Waals surface area contributed by atoms with Gasteiger partial charge < -0.3 is 10.0 Å². The minimum Gasteiger partial charge on any atom is -0.479 e. The van der Waals surface area contributed by atoms with E-state index in [1.165, 1.54) is 29.2 Å². The fourth-order valence-corrected chi connectivity index (χ4v) is 1.70. The van der Waals surface area contributed by atoms with E-state index in [0.29, 0.717) is 4.90 Å². The fraction of sp³-hybridized carbons (Fsp3) is 0.273. The van der Waals surface area contributed by atoms with Crippen LogP contribution in [0.25, 0.3) is 0 Å². The molecule has 0 heterocycles. The summed E-state index contributed by atoms with van der Waals surface area (Å²) in [6.07, 6.45) is -2.03. The number of carbonyl (C=O) groups excluding carboxylic acids is 1. The molecule has 92 valence electrons. The van der Waals surface area contributed by atoms with Gasteiger partial charge >= 0.3 is 5.97 Å². The molecule has 0 saturated carbocycles. The van der Waals surface area contributed by atoms with E-state index >= 15 is 0 Å². The number of thioether (sulfide) groups is 1. The number of halogens is 1. The summed E-state index contributed by atoms with van der Waals surface area (Å²) >= 11 is 0.998. The second-order valence-electron chi connectivity index (χ2n) is 3.53. The summed E-state index contributed by atoms with van der Waals surface area (Å²) in [5.41, 5.74) is 0.0687. The van der Waals surface area contributed by atoms with Gasteiger partial charge in [0, 0.05) is 19.0 Å². The normalized spacial score (nSPS) is 11.9. The van der Waals surface area contributed by atoms with Gasteiger partial charge in [-0.05, 0) is 29.5 Å². The van der Waals surface area contributed by atoms with Crippen LogP contribution in [0.1, 0.15) is 11.7 Å². The smallest absolute Gasteiger partial charge is 0.343 e. The number of hydrogen-bond acceptors (Lipinski definition) is 3. The van der Waals surface area contributed by atoms with Gasteiger partial charge in [-0.2, -0.15) is 0 Å². The Morgan fingerprint density at radius 3 is 2.24 bits per heavy atom. The summed E-state index contributed by atoms with van der Waals surface area (Å²) < 4.78 is 13.1. The molecule has 0 aliphatic carbocycles. The lowest BCUT2D eigenvalue weighted by atomic mass is 10.1. The molecule has 0 aliphatic heterocycles. The molecule has 0 aliphatic rings. The average Bonchev–Trinajstić information content (AvgIpc) is 2.28. The van der Waals surface area contributed by atoms with Crippen LogP contribution in [0.15, 0.2) is 29.2 Å². The van der Waals surface area contributed by atoms with Crippen LogP contribution in [0.5, 0.6) is 0 Å². The summed E-state index contributed by atoms with van der Waals surface area (Å²) in [4.78, 5) is 23.8. The molecule has 0 spiro atoms. The second kappa shape index (κ2) is 5.67. The van der Waals surface area contributed by atoms with E-state index in [-0.39, 0.29) is 10.8 Å². The molecule has 17 heavy (non-hydrogen) atoms. The van der Waals surface area contributed by atoms with E-state index in [9.17, 15) is 14.0 Å². The van der Waals surface area contributed by atoms with Crippen LogP contribution >= 0.6 is 11.8 Å². The van der Waals surface area contributed by atoms with Crippen molar-refractivity contribution < 1.29 is 19.1 Å². The molecule has 0 saturated heterocycles. The Hall–Kier alpha value is -1.56. The fourth-order valence-electron chi connectivity index (χ4n) is 1.04. The van der Waals surface area contributed by atoms with Crippen molar-refractivity contribution in [3.63, 3.8) is 0 Å². The van der Waals surface area contributed by atoms with E-state index in [0.717, 1.165) is 11.8 Å². The molecule has 1 unspecified atom stereocenters. The standard InChI is InChI=1S/C11H12FNO3S/c1-13(2)11(16)17-8-5-3-7(4-6-8)9(12)10(14)15/h3-6,9H,1-2H3,(H,14,15). The van der Waals surface area contributed by atoms with Crippen LogP contribution in [-0.4, -0.2) is 35.3 Å². The van der Waals surface area contributed by atoms with E-state index < -0.39 is 12.1 Å². The van der Waals surface area contributed by atoms with Crippen molar-refractivity contribution in [2.45, 2.75) is 11.1 Å². The maximum atomic E-state index is 13.1. The quantitative estimate of drug-likeness (QED) is 0.845. The van der Waals surface area contributed by atoms with Crippen LogP contribution in [-0.2, 0) is 4.79 Å². The number of hydrogen-bond donors (Lipinski definition) is 1. The summed E-state index contributed by atoms with van der Waals surface area (Å²) in [5.74, 6) is -1.52. The van der Waals surface area contributed by atoms with Crippen LogP contribution in [0.2, 0.25) is 0 Å². The van der Waals surface area contributed by atoms with Crippen molar-refractivity contribution in [1.82, 2.24) is 4.90 Å². The summed E-state index contributed by atoms with van der Waals surface area (Å²) in [6, 6.07) is 5.78. The molecule has 1 aromatic carbocycles. The molecule has 0 aromatic heterocycles. The first-order valence-corrected chi connectivity index (χ1v) is 5.59. The molecule has 4 nitrogen and oxygen atoms in total. The maximum Gasteiger partial charge on any atom is 0.343 e. The highest BCUT2D eigenvalue weighted by Crippen LogP contribution is 2.24. The number of aliphatic carboxylic acids is 1. The number of amides is 1. The van der Waals surface area contributed by atoms with Crippen molar-refractivity contribution in [2.75, 3.05) is 14.1 Å². The Morgan fingerprint density at radius 1 is 1.29 bits per heavy atom. The van der Waals surface area contributed by atoms with Gasteiger partial charge in [-0.3, -0.25) is 4.79 Å². The summed E-state index contributed by atoms with van der Waals surface area (Å²) in [7, 11) is 3.26. The molecule has 0 radical (unpaired) electrons. The highest BCUT2D eigenvalue weighted by Gasteiger charge is 2.18. The molecule has 1 amide bonds. The Balaban J connectivity index is 2.75. The minimum atomic E-state index is -2.03. The molecule has 0 fully saturated rings. The molecule has 6 heteroatoms. The summed E-state index contributed by atoms with van der Waals surface area (Å²) in [6.45, 7) is 0. The predicted octanol–water partition coefficient (Wildman–Crippen LogP) is 2.56. The largest absolute Gasteiger partial charge is 0.479 e. The lowest BCUT2D eigenvalue weighted by molar-refractivity contribution is -0.143. The molecule has 0 bridgehead atoms. The van der Waals surface area contributed by atoms with Crippen LogP contribution < -0.4 is 0 Å². The third-order valence-electron chi connectivity index (χ3n) is 1.96. The molecule has 1 atom stereocenters. The first-order chi connectivity index (χ1) is 7.91. The summed E-state index contributed by atoms with van der Waals surface area (Å²) in [5, 5.41) is 8.34. The minimum absolute atomic E-state index is 0.0687. The predicted molar refractivity (Wildman–Crippen MR) is 62.9 cm³/mol. The Labute approximate surface area is 102 Å². The monoisotopic (exact) mass is 257 g/mol. The van der Waals surface area contributed by atoms with Crippen molar-refractivity contribution >= 4 is 23.0 Å². The zero-order valence-electron chi connectivity index (χ0n) is 9.38. The van der Waals surface area contributed by atoms with Crippen molar-refractivity contribution in [1.29, 1.82) is 0 Å². The Bertz CT molecular complexity index is 419. The van der Waals surface area contributed by atoms with E-state index in [1.807, 2.05) is 0 Å². The zero-order valence-corrected chi connectivity index (χ0v) is 10.2. The van der Waals surface area contributed by atoms with E-state index in [2.05, 4.69) is 0 Å². The number of carboxylic acid groups (broad SMARTS) is 1. The van der Waals surface area contributed by atoms with Crippen LogP contribution in [0.4, 0.5) is 9.18 Å². The first-order valence-electron chi connectivity index (χ1n) is 4.78. The van der Waals surface area contributed by atoms with Gasteiger partial charge in [0.1, 0.15) is 0 Å². The van der Waals surface area contributed by atoms with Gasteiger partial charge in [0.15, 0.2) is 0 Å². The Kier molecular flexibility index (Phi) is 4.51. The highest BCUT2D eigenvalue weighted by molar-refractivity contribution is 8.13. The average molecular weight is 257 g/mol. The van der Waals surface area contributed by atoms with Gasteiger partial charge in [0.25, 0.3) is 5.24 Å². The van der Waals surface area contributed by atoms with Crippen molar-refractivity contribution in [3.8, 4) is 0 Å². The maximum absolute atomic E-state index is 13.1. The molecular weight excluding hydrogens is 245 g/mol. The third kappa shape index (κ3) is 3.74. The lowest BCUT2D eigenvalue weighted by Gasteiger charge is -2.09. The zero-order chi connectivity index (χ0) is 13.0. The Morgan fingerprint density at radius 2 is 1.82 bits per heavy atom. The number of nitrogens with zero attached hydrogens (tertiary/aromatic N) is 1. The molecule has 1 N–H and O–H groups in total. The SMILES string of the molecule is CN(C)C(=O)Sc1ccc(C(F)C(=O)O)cc1. The van der Waals surface area contributed by atoms with Gasteiger partial charge in [0.2, 0.25) is 6.17 Å². The number of rotatable bonds is 3. The molecule has 1 aromatic rings. The topological polar surface area (TPSA) is 57.6 Å². The first kappa shape index (κ1) is 13.5. The number of carboxylic acids is 1. The van der Waals surface area contributed by atoms with E-state index in [1.54, 1.807) is 14.1 Å². The van der Waals surface area contributed by atoms with E-state index in [4.69, 9.17) is 5.11 Å². The highest BCUT2D eigenvalue weighted by atomic mass is 32.2. The van der Waals surface area contributed by atoms with Crippen LogP contribution in [0, 0.1) is 0 Å². The van der Waals surface area contributed by atoms with Crippen molar-refractivity contribution in [2.24, 2.45) is 0 Å². The van der Waals surface area contributed by atoms with Gasteiger partial charge in [-0.1, -0.05) is 12.1 Å². The van der Waals surface area contributed by atoms with Crippen LogP contribution in [0.3, 0.4) is 0 Å². The van der Waals surface area contributed by atoms with Crippen molar-refractivity contribution in [3.05, 3.63) is 29.8 Å². The molecule has 1 rings (SSSR count). The molecular formula is C11H12FNO3S. The van der Waals surface area contributed by atoms with Gasteiger partial charge in [0.05, 0.1) is 0 Å². The van der Waals surface area contributed by atoms with Gasteiger partial charge in [-0.25, -0.2) is 9.18 Å². The number of alkyl halides is 1. The van der Waals surface area contributed by atoms with Gasteiger partial charge in [-0.15, -0.1) is 0 Å². The number of benzene rings is 1. The number of carbonyl (C=O) groups is 2. The third-order valence-corrected chi connectivity index (χ3v) is 3.01. The lowest BCUT2D eigenvalue weighted by Crippen LogP contribution is -2.16. The second-order valence-corrected chi connectivity index (χ2v) is 4.56.